The van der Waals surface area contributed by atoms with E-state index in [9.17, 15) is 9.90 Å². The van der Waals surface area contributed by atoms with Crippen LogP contribution in [-0.2, 0) is 6.42 Å². The second kappa shape index (κ2) is 5.87. The highest BCUT2D eigenvalue weighted by atomic mass is 16.3. The summed E-state index contributed by atoms with van der Waals surface area (Å²) in [6.07, 6.45) is 6.67. The van der Waals surface area contributed by atoms with Gasteiger partial charge < -0.3 is 19.7 Å². The van der Waals surface area contributed by atoms with Gasteiger partial charge in [0.2, 0.25) is 0 Å². The number of rotatable bonds is 2. The van der Waals surface area contributed by atoms with Gasteiger partial charge in [-0.15, -0.1) is 0 Å². The van der Waals surface area contributed by atoms with Crippen LogP contribution >= 0.6 is 0 Å². The molecule has 2 amide bonds. The van der Waals surface area contributed by atoms with E-state index in [1.165, 1.54) is 0 Å². The Balaban J connectivity index is 1.62. The largest absolute Gasteiger partial charge is 0.469 e. The Morgan fingerprint density at radius 2 is 2.35 bits per heavy atom. The van der Waals surface area contributed by atoms with Gasteiger partial charge in [0.1, 0.15) is 5.76 Å². The highest BCUT2D eigenvalue weighted by Crippen LogP contribution is 2.30. The molecule has 110 valence electrons. The number of fused-ring (bicyclic) bond motifs is 1. The number of aliphatic hydroxyl groups is 1. The van der Waals surface area contributed by atoms with Gasteiger partial charge >= 0.3 is 6.03 Å². The Hall–Kier alpha value is -1.49. The van der Waals surface area contributed by atoms with E-state index in [-0.39, 0.29) is 24.6 Å². The highest BCUT2D eigenvalue weighted by molar-refractivity contribution is 5.75. The van der Waals surface area contributed by atoms with Crippen molar-refractivity contribution in [1.82, 2.24) is 10.2 Å². The summed E-state index contributed by atoms with van der Waals surface area (Å²) in [4.78, 5) is 14.2. The number of aryl methyl sites for hydroxylation is 1. The van der Waals surface area contributed by atoms with Crippen molar-refractivity contribution in [2.75, 3.05) is 19.7 Å². The molecule has 5 heteroatoms. The Kier molecular flexibility index (Phi) is 3.96. The van der Waals surface area contributed by atoms with Crippen molar-refractivity contribution in [2.45, 2.75) is 38.1 Å². The predicted molar refractivity (Wildman–Crippen MR) is 74.3 cm³/mol. The summed E-state index contributed by atoms with van der Waals surface area (Å²) >= 11 is 0. The quantitative estimate of drug-likeness (QED) is 0.870. The van der Waals surface area contributed by atoms with Crippen molar-refractivity contribution in [3.8, 4) is 0 Å². The van der Waals surface area contributed by atoms with Gasteiger partial charge in [0, 0.05) is 31.7 Å². The van der Waals surface area contributed by atoms with E-state index in [4.69, 9.17) is 4.42 Å². The Morgan fingerprint density at radius 3 is 3.20 bits per heavy atom. The third kappa shape index (κ3) is 2.68. The van der Waals surface area contributed by atoms with Crippen molar-refractivity contribution in [2.24, 2.45) is 5.92 Å². The fraction of sp³-hybridized carbons (Fsp3) is 0.667. The first-order valence-electron chi connectivity index (χ1n) is 7.50. The maximum absolute atomic E-state index is 12.4. The van der Waals surface area contributed by atoms with Crippen molar-refractivity contribution >= 4 is 6.03 Å². The molecule has 1 aromatic heterocycles. The van der Waals surface area contributed by atoms with Crippen LogP contribution in [0.15, 0.2) is 16.7 Å². The maximum Gasteiger partial charge on any atom is 0.317 e. The van der Waals surface area contributed by atoms with Gasteiger partial charge in [-0.25, -0.2) is 4.79 Å². The number of carbonyl (C=O) groups excluding carboxylic acids is 1. The zero-order chi connectivity index (χ0) is 13.9. The lowest BCUT2D eigenvalue weighted by atomic mass is 9.93. The third-order valence-corrected chi connectivity index (χ3v) is 4.41. The van der Waals surface area contributed by atoms with E-state index < -0.39 is 0 Å². The summed E-state index contributed by atoms with van der Waals surface area (Å²) in [6.45, 7) is 1.61. The lowest BCUT2D eigenvalue weighted by Gasteiger charge is -2.33. The number of nitrogens with one attached hydrogen (secondary N) is 1. The Morgan fingerprint density at radius 1 is 1.45 bits per heavy atom. The monoisotopic (exact) mass is 278 g/mol. The number of likely N-dealkylation sites (tertiary alicyclic amines) is 1. The van der Waals surface area contributed by atoms with Crippen LogP contribution in [0.1, 0.15) is 43.0 Å². The molecular weight excluding hydrogens is 256 g/mol. The number of aliphatic hydroxyl groups excluding tert-OH is 1. The first kappa shape index (κ1) is 13.5. The average molecular weight is 278 g/mol. The van der Waals surface area contributed by atoms with Crippen LogP contribution in [0, 0.1) is 5.92 Å². The van der Waals surface area contributed by atoms with E-state index in [1.807, 2.05) is 11.0 Å². The van der Waals surface area contributed by atoms with Crippen LogP contribution < -0.4 is 5.32 Å². The summed E-state index contributed by atoms with van der Waals surface area (Å²) in [6, 6.07) is 2.02. The Labute approximate surface area is 118 Å². The van der Waals surface area contributed by atoms with E-state index in [1.54, 1.807) is 6.26 Å². The Bertz CT molecular complexity index is 471. The van der Waals surface area contributed by atoms with Crippen LogP contribution in [0.25, 0.3) is 0 Å². The number of furan rings is 1. The molecule has 0 bridgehead atoms. The van der Waals surface area contributed by atoms with E-state index in [2.05, 4.69) is 5.32 Å². The molecule has 2 heterocycles. The molecule has 0 spiro atoms. The van der Waals surface area contributed by atoms with Crippen molar-refractivity contribution in [1.29, 1.82) is 0 Å². The number of amides is 2. The minimum absolute atomic E-state index is 0.0119. The molecule has 1 aliphatic carbocycles. The minimum atomic E-state index is -0.0119. The van der Waals surface area contributed by atoms with Crippen LogP contribution in [-0.4, -0.2) is 35.7 Å². The van der Waals surface area contributed by atoms with Gasteiger partial charge in [0.25, 0.3) is 0 Å². The number of hydrogen-bond acceptors (Lipinski definition) is 3. The van der Waals surface area contributed by atoms with Crippen LogP contribution in [0.5, 0.6) is 0 Å². The smallest absolute Gasteiger partial charge is 0.317 e. The number of hydrogen-bond donors (Lipinski definition) is 2. The fourth-order valence-electron chi connectivity index (χ4n) is 3.28. The summed E-state index contributed by atoms with van der Waals surface area (Å²) < 4.78 is 5.45. The lowest BCUT2D eigenvalue weighted by Crippen LogP contribution is -2.47. The first-order valence-corrected chi connectivity index (χ1v) is 7.50. The molecule has 1 aliphatic heterocycles. The second-order valence-electron chi connectivity index (χ2n) is 5.83. The summed E-state index contributed by atoms with van der Waals surface area (Å²) in [5, 5.41) is 12.4. The van der Waals surface area contributed by atoms with Gasteiger partial charge in [-0.05, 0) is 37.7 Å². The standard InChI is InChI=1S/C15H22N2O3/c18-10-11-3-2-7-17(9-11)15(19)16-13-4-1-5-14-12(13)6-8-20-14/h6,8,11,13,18H,1-5,7,9-10H2,(H,16,19). The number of nitrogens with zero attached hydrogens (tertiary/aromatic N) is 1. The molecule has 20 heavy (non-hydrogen) atoms. The van der Waals surface area contributed by atoms with Gasteiger partial charge in [0.05, 0.1) is 12.3 Å². The number of urea groups is 1. The molecule has 3 rings (SSSR count). The summed E-state index contributed by atoms with van der Waals surface area (Å²) in [5.74, 6) is 1.23. The molecule has 0 aromatic carbocycles. The van der Waals surface area contributed by atoms with E-state index in [0.29, 0.717) is 6.54 Å². The molecular formula is C15H22N2O3. The maximum atomic E-state index is 12.4. The molecule has 1 aromatic rings. The summed E-state index contributed by atoms with van der Waals surface area (Å²) in [7, 11) is 0. The average Bonchev–Trinajstić information content (AvgIpc) is 2.97. The molecule has 2 atom stereocenters. The van der Waals surface area contributed by atoms with Gasteiger partial charge in [-0.1, -0.05) is 0 Å². The first-order chi connectivity index (χ1) is 9.78. The SMILES string of the molecule is O=C(NC1CCCc2occc21)N1CCCC(CO)C1. The molecule has 2 aliphatic rings. The fourth-order valence-corrected chi connectivity index (χ4v) is 3.28. The van der Waals surface area contributed by atoms with Gasteiger partial charge in [-0.2, -0.15) is 0 Å². The van der Waals surface area contributed by atoms with E-state index >= 15 is 0 Å². The molecule has 5 nitrogen and oxygen atoms in total. The molecule has 2 N–H and O–H groups in total. The topological polar surface area (TPSA) is 65.7 Å². The van der Waals surface area contributed by atoms with Crippen molar-refractivity contribution in [3.63, 3.8) is 0 Å². The summed E-state index contributed by atoms with van der Waals surface area (Å²) in [5.41, 5.74) is 1.13. The normalized spacial score (nSPS) is 26.1. The molecule has 1 fully saturated rings. The number of piperidine rings is 1. The lowest BCUT2D eigenvalue weighted by molar-refractivity contribution is 0.127. The minimum Gasteiger partial charge on any atom is -0.469 e. The third-order valence-electron chi connectivity index (χ3n) is 4.41. The van der Waals surface area contributed by atoms with Crippen molar-refractivity contribution < 1.29 is 14.3 Å². The van der Waals surface area contributed by atoms with E-state index in [0.717, 1.165) is 50.0 Å². The molecule has 2 unspecified atom stereocenters. The van der Waals surface area contributed by atoms with Crippen LogP contribution in [0.3, 0.4) is 0 Å². The van der Waals surface area contributed by atoms with Crippen LogP contribution in [0.2, 0.25) is 0 Å². The highest BCUT2D eigenvalue weighted by Gasteiger charge is 2.28. The molecule has 1 saturated heterocycles. The second-order valence-corrected chi connectivity index (χ2v) is 5.83. The molecule has 0 saturated carbocycles. The predicted octanol–water partition coefficient (Wildman–Crippen LogP) is 2.07. The number of carbonyl (C=O) groups is 1. The van der Waals surface area contributed by atoms with Crippen molar-refractivity contribution in [3.05, 3.63) is 23.7 Å². The van der Waals surface area contributed by atoms with Gasteiger partial charge in [0.15, 0.2) is 0 Å². The van der Waals surface area contributed by atoms with Gasteiger partial charge in [-0.3, -0.25) is 0 Å². The zero-order valence-electron chi connectivity index (χ0n) is 11.7. The molecule has 0 radical (unpaired) electrons. The zero-order valence-corrected chi connectivity index (χ0v) is 11.7. The van der Waals surface area contributed by atoms with Crippen LogP contribution in [0.4, 0.5) is 4.79 Å².